The van der Waals surface area contributed by atoms with Crippen LogP contribution in [0.1, 0.15) is 28.5 Å². The first-order chi connectivity index (χ1) is 14.2. The van der Waals surface area contributed by atoms with Crippen molar-refractivity contribution in [1.82, 2.24) is 5.01 Å². The van der Waals surface area contributed by atoms with E-state index in [9.17, 15) is 4.79 Å². The summed E-state index contributed by atoms with van der Waals surface area (Å²) in [6.45, 7) is 0. The first-order valence-corrected chi connectivity index (χ1v) is 11.5. The summed E-state index contributed by atoms with van der Waals surface area (Å²) in [6, 6.07) is 22.1. The highest BCUT2D eigenvalue weighted by molar-refractivity contribution is 7.99. The van der Waals surface area contributed by atoms with E-state index in [4.69, 9.17) is 9.84 Å². The number of hydrogen-bond donors (Lipinski definition) is 0. The molecule has 29 heavy (non-hydrogen) atoms. The largest absolute Gasteiger partial charge is 0.497 e. The van der Waals surface area contributed by atoms with Crippen molar-refractivity contribution in [3.05, 3.63) is 88.1 Å². The van der Waals surface area contributed by atoms with Crippen LogP contribution < -0.4 is 4.74 Å². The molecule has 6 heteroatoms. The van der Waals surface area contributed by atoms with Crippen molar-refractivity contribution in [2.45, 2.75) is 18.2 Å². The number of hydrazone groups is 1. The smallest absolute Gasteiger partial charge is 0.253 e. The summed E-state index contributed by atoms with van der Waals surface area (Å²) in [5.74, 6) is 2.07. The minimum Gasteiger partial charge on any atom is -0.497 e. The third-order valence-corrected chi connectivity index (χ3v) is 6.72. The Kier molecular flexibility index (Phi) is 6.32. The molecule has 148 valence electrons. The maximum atomic E-state index is 13.0. The average Bonchev–Trinajstić information content (AvgIpc) is 3.44. The summed E-state index contributed by atoms with van der Waals surface area (Å²) in [4.78, 5) is 14.2. The van der Waals surface area contributed by atoms with Gasteiger partial charge in [0.05, 0.1) is 29.5 Å². The molecule has 0 aliphatic carbocycles. The predicted octanol–water partition coefficient (Wildman–Crippen LogP) is 5.37. The molecule has 0 spiro atoms. The topological polar surface area (TPSA) is 41.9 Å². The molecule has 1 amide bonds. The zero-order valence-electron chi connectivity index (χ0n) is 16.2. The molecule has 0 radical (unpaired) electrons. The molecule has 2 aromatic carbocycles. The first kappa shape index (κ1) is 19.7. The Morgan fingerprint density at radius 1 is 1.14 bits per heavy atom. The van der Waals surface area contributed by atoms with Crippen LogP contribution in [0, 0.1) is 0 Å². The number of carbonyl (C=O) groups is 1. The third kappa shape index (κ3) is 4.71. The number of amides is 1. The first-order valence-electron chi connectivity index (χ1n) is 9.43. The van der Waals surface area contributed by atoms with Crippen LogP contribution in [-0.4, -0.2) is 29.5 Å². The molecule has 0 bridgehead atoms. The number of hydrogen-bond acceptors (Lipinski definition) is 5. The van der Waals surface area contributed by atoms with E-state index in [0.717, 1.165) is 34.1 Å². The standard InChI is InChI=1S/C23H22N2O2S2/c1-27-19-11-9-18(10-12-19)21-14-20(22-8-5-13-29-22)24-25(21)23(26)16-28-15-17-6-3-2-4-7-17/h2-13,21H,14-16H2,1H3. The van der Waals surface area contributed by atoms with Crippen LogP contribution >= 0.6 is 23.1 Å². The molecule has 1 unspecified atom stereocenters. The Morgan fingerprint density at radius 2 is 1.93 bits per heavy atom. The highest BCUT2D eigenvalue weighted by atomic mass is 32.2. The lowest BCUT2D eigenvalue weighted by atomic mass is 10.0. The van der Waals surface area contributed by atoms with Crippen LogP contribution in [0.2, 0.25) is 0 Å². The van der Waals surface area contributed by atoms with Gasteiger partial charge in [-0.1, -0.05) is 48.5 Å². The van der Waals surface area contributed by atoms with Gasteiger partial charge >= 0.3 is 0 Å². The molecule has 0 saturated carbocycles. The average molecular weight is 423 g/mol. The Morgan fingerprint density at radius 3 is 2.62 bits per heavy atom. The van der Waals surface area contributed by atoms with Crippen molar-refractivity contribution in [1.29, 1.82) is 0 Å². The van der Waals surface area contributed by atoms with Gasteiger partial charge in [0, 0.05) is 12.2 Å². The van der Waals surface area contributed by atoms with Crippen LogP contribution in [0.25, 0.3) is 0 Å². The fourth-order valence-corrected chi connectivity index (χ4v) is 4.87. The van der Waals surface area contributed by atoms with Gasteiger partial charge in [-0.05, 0) is 34.7 Å². The van der Waals surface area contributed by atoms with Gasteiger partial charge in [0.2, 0.25) is 0 Å². The molecule has 2 heterocycles. The van der Waals surface area contributed by atoms with Gasteiger partial charge in [0.15, 0.2) is 0 Å². The van der Waals surface area contributed by atoms with E-state index in [1.165, 1.54) is 5.56 Å². The number of rotatable bonds is 7. The van der Waals surface area contributed by atoms with Crippen molar-refractivity contribution >= 4 is 34.7 Å². The number of thiophene rings is 1. The van der Waals surface area contributed by atoms with E-state index in [1.807, 2.05) is 53.9 Å². The lowest BCUT2D eigenvalue weighted by Gasteiger charge is -2.22. The van der Waals surface area contributed by atoms with E-state index in [0.29, 0.717) is 5.75 Å². The second kappa shape index (κ2) is 9.29. The second-order valence-corrected chi connectivity index (χ2v) is 8.67. The Hall–Kier alpha value is -2.57. The maximum Gasteiger partial charge on any atom is 0.253 e. The molecule has 4 nitrogen and oxygen atoms in total. The Bertz CT molecular complexity index is 970. The fraction of sp³-hybridized carbons (Fsp3) is 0.217. The lowest BCUT2D eigenvalue weighted by Crippen LogP contribution is -2.28. The van der Waals surface area contributed by atoms with E-state index in [-0.39, 0.29) is 11.9 Å². The van der Waals surface area contributed by atoms with Crippen LogP contribution in [0.15, 0.2) is 77.2 Å². The molecule has 1 aliphatic rings. The van der Waals surface area contributed by atoms with Gasteiger partial charge in [0.25, 0.3) is 5.91 Å². The number of thioether (sulfide) groups is 1. The molecule has 3 aromatic rings. The molecule has 1 aromatic heterocycles. The second-order valence-electron chi connectivity index (χ2n) is 6.73. The molecular formula is C23H22N2O2S2. The molecule has 1 atom stereocenters. The molecule has 1 aliphatic heterocycles. The summed E-state index contributed by atoms with van der Waals surface area (Å²) in [7, 11) is 1.66. The zero-order chi connectivity index (χ0) is 20.1. The summed E-state index contributed by atoms with van der Waals surface area (Å²) in [5.41, 5.74) is 3.27. The Labute approximate surface area is 179 Å². The van der Waals surface area contributed by atoms with E-state index in [2.05, 4.69) is 18.2 Å². The SMILES string of the molecule is COc1ccc(C2CC(c3cccs3)=NN2C(=O)CSCc2ccccc2)cc1. The van der Waals surface area contributed by atoms with Crippen LogP contribution in [-0.2, 0) is 10.5 Å². The lowest BCUT2D eigenvalue weighted by molar-refractivity contribution is -0.130. The molecule has 4 rings (SSSR count). The van der Waals surface area contributed by atoms with Gasteiger partial charge in [-0.25, -0.2) is 5.01 Å². The van der Waals surface area contributed by atoms with E-state index >= 15 is 0 Å². The number of nitrogens with zero attached hydrogens (tertiary/aromatic N) is 2. The summed E-state index contributed by atoms with van der Waals surface area (Å²) >= 11 is 3.28. The monoisotopic (exact) mass is 422 g/mol. The van der Waals surface area contributed by atoms with Crippen LogP contribution in [0.5, 0.6) is 5.75 Å². The highest BCUT2D eigenvalue weighted by Crippen LogP contribution is 2.35. The molecule has 0 saturated heterocycles. The number of methoxy groups -OCH3 is 1. The summed E-state index contributed by atoms with van der Waals surface area (Å²) < 4.78 is 5.27. The van der Waals surface area contributed by atoms with Gasteiger partial charge in [-0.2, -0.15) is 5.10 Å². The Balaban J connectivity index is 1.49. The molecule has 0 fully saturated rings. The minimum atomic E-state index is -0.0807. The van der Waals surface area contributed by atoms with Gasteiger partial charge < -0.3 is 4.74 Å². The highest BCUT2D eigenvalue weighted by Gasteiger charge is 2.33. The third-order valence-electron chi connectivity index (χ3n) is 4.81. The number of benzene rings is 2. The van der Waals surface area contributed by atoms with Crippen molar-refractivity contribution < 1.29 is 9.53 Å². The predicted molar refractivity (Wildman–Crippen MR) is 121 cm³/mol. The molecule has 0 N–H and O–H groups in total. The van der Waals surface area contributed by atoms with Crippen molar-refractivity contribution in [2.24, 2.45) is 5.10 Å². The molecular weight excluding hydrogens is 400 g/mol. The van der Waals surface area contributed by atoms with E-state index in [1.54, 1.807) is 35.2 Å². The van der Waals surface area contributed by atoms with Gasteiger partial charge in [-0.15, -0.1) is 23.1 Å². The van der Waals surface area contributed by atoms with Crippen LogP contribution in [0.3, 0.4) is 0 Å². The van der Waals surface area contributed by atoms with Gasteiger partial charge in [0.1, 0.15) is 5.75 Å². The van der Waals surface area contributed by atoms with Crippen molar-refractivity contribution in [2.75, 3.05) is 12.9 Å². The maximum absolute atomic E-state index is 13.0. The number of ether oxygens (including phenoxy) is 1. The zero-order valence-corrected chi connectivity index (χ0v) is 17.8. The number of carbonyl (C=O) groups excluding carboxylic acids is 1. The quantitative estimate of drug-likeness (QED) is 0.514. The summed E-state index contributed by atoms with van der Waals surface area (Å²) in [6.07, 6.45) is 0.724. The van der Waals surface area contributed by atoms with Crippen molar-refractivity contribution in [3.63, 3.8) is 0 Å². The normalized spacial score (nSPS) is 16.0. The van der Waals surface area contributed by atoms with E-state index < -0.39 is 0 Å². The summed E-state index contributed by atoms with van der Waals surface area (Å²) in [5, 5.41) is 8.44. The van der Waals surface area contributed by atoms with Crippen molar-refractivity contribution in [3.8, 4) is 5.75 Å². The minimum absolute atomic E-state index is 0.0401. The van der Waals surface area contributed by atoms with Gasteiger partial charge in [-0.3, -0.25) is 4.79 Å². The van der Waals surface area contributed by atoms with Crippen LogP contribution in [0.4, 0.5) is 0 Å². The fourth-order valence-electron chi connectivity index (χ4n) is 3.31.